The van der Waals surface area contributed by atoms with Crippen molar-refractivity contribution in [2.75, 3.05) is 13.1 Å². The fourth-order valence-electron chi connectivity index (χ4n) is 3.75. The van der Waals surface area contributed by atoms with Crippen molar-refractivity contribution in [1.29, 1.82) is 0 Å². The molecule has 2 atom stereocenters. The van der Waals surface area contributed by atoms with Gasteiger partial charge in [-0.1, -0.05) is 0 Å². The molecule has 2 aliphatic heterocycles. The number of carbonyl (C=O) groups excluding carboxylic acids is 3. The van der Waals surface area contributed by atoms with Crippen LogP contribution in [0, 0.1) is 0 Å². The molecule has 3 rings (SSSR count). The Morgan fingerprint density at radius 2 is 1.52 bits per heavy atom. The fourth-order valence-corrected chi connectivity index (χ4v) is 3.75. The molecule has 0 bridgehead atoms. The topological polar surface area (TPSA) is 60.9 Å². The van der Waals surface area contributed by atoms with E-state index < -0.39 is 5.54 Å². The third kappa shape index (κ3) is 2.37. The molecule has 21 heavy (non-hydrogen) atoms. The van der Waals surface area contributed by atoms with Gasteiger partial charge in [0.1, 0.15) is 18.3 Å². The van der Waals surface area contributed by atoms with Crippen LogP contribution in [0.15, 0.2) is 0 Å². The summed E-state index contributed by atoms with van der Waals surface area (Å²) < 4.78 is 0. The summed E-state index contributed by atoms with van der Waals surface area (Å²) >= 11 is 0. The molecule has 1 aliphatic carbocycles. The summed E-state index contributed by atoms with van der Waals surface area (Å²) in [5.41, 5.74) is -0.382. The maximum Gasteiger partial charge on any atom is 0.189 e. The smallest absolute Gasteiger partial charge is 0.189 e. The van der Waals surface area contributed by atoms with Gasteiger partial charge in [-0.25, -0.2) is 10.0 Å². The molecule has 0 radical (unpaired) electrons. The minimum atomic E-state index is -0.517. The SMILES string of the molecule is BC(=O)C1(N(N2CCC[C@H]2C=O)N2CCC[C@H]2C=O)CC1. The van der Waals surface area contributed by atoms with Crippen LogP contribution in [-0.4, -0.2) is 71.9 Å². The third-order valence-electron chi connectivity index (χ3n) is 5.10. The van der Waals surface area contributed by atoms with E-state index in [0.29, 0.717) is 0 Å². The van der Waals surface area contributed by atoms with E-state index in [2.05, 4.69) is 0 Å². The largest absolute Gasteiger partial charge is 0.310 e. The number of hydrogen-bond acceptors (Lipinski definition) is 6. The Balaban J connectivity index is 1.93. The van der Waals surface area contributed by atoms with E-state index in [1.165, 1.54) is 0 Å². The van der Waals surface area contributed by atoms with Crippen molar-refractivity contribution in [3.8, 4) is 0 Å². The van der Waals surface area contributed by atoms with Crippen molar-refractivity contribution in [3.63, 3.8) is 0 Å². The highest BCUT2D eigenvalue weighted by molar-refractivity contribution is 6.60. The van der Waals surface area contributed by atoms with Crippen molar-refractivity contribution in [2.45, 2.75) is 56.1 Å². The Labute approximate surface area is 125 Å². The van der Waals surface area contributed by atoms with Gasteiger partial charge >= 0.3 is 0 Å². The van der Waals surface area contributed by atoms with Gasteiger partial charge in [-0.15, -0.1) is 0 Å². The van der Waals surface area contributed by atoms with Crippen LogP contribution in [0.3, 0.4) is 0 Å². The summed E-state index contributed by atoms with van der Waals surface area (Å²) in [6, 6.07) is -0.343. The van der Waals surface area contributed by atoms with Crippen LogP contribution in [0.5, 0.6) is 0 Å². The lowest BCUT2D eigenvalue weighted by atomic mass is 9.93. The maximum absolute atomic E-state index is 12.2. The van der Waals surface area contributed by atoms with Crippen LogP contribution in [-0.2, 0) is 14.4 Å². The van der Waals surface area contributed by atoms with E-state index in [-0.39, 0.29) is 17.8 Å². The Kier molecular flexibility index (Phi) is 3.99. The van der Waals surface area contributed by atoms with Gasteiger partial charge in [-0.3, -0.25) is 0 Å². The van der Waals surface area contributed by atoms with Crippen LogP contribution < -0.4 is 0 Å². The first-order valence-corrected chi connectivity index (χ1v) is 7.89. The average Bonchev–Trinajstić information content (AvgIpc) is 2.95. The van der Waals surface area contributed by atoms with Crippen LogP contribution >= 0.6 is 0 Å². The number of hydrazine groups is 2. The van der Waals surface area contributed by atoms with Gasteiger partial charge < -0.3 is 14.4 Å². The monoisotopic (exact) mass is 291 g/mol. The highest BCUT2D eigenvalue weighted by Crippen LogP contribution is 2.46. The van der Waals surface area contributed by atoms with Crippen molar-refractivity contribution >= 4 is 26.1 Å². The number of carbonyl (C=O) groups is 3. The van der Waals surface area contributed by atoms with Crippen molar-refractivity contribution in [3.05, 3.63) is 0 Å². The van der Waals surface area contributed by atoms with Crippen molar-refractivity contribution in [1.82, 2.24) is 15.1 Å². The lowest BCUT2D eigenvalue weighted by molar-refractivity contribution is -0.222. The van der Waals surface area contributed by atoms with Gasteiger partial charge in [0.2, 0.25) is 0 Å². The molecule has 0 aromatic carbocycles. The second-order valence-corrected chi connectivity index (χ2v) is 6.39. The second-order valence-electron chi connectivity index (χ2n) is 6.39. The first-order valence-electron chi connectivity index (χ1n) is 7.89. The Morgan fingerprint density at radius 3 is 1.86 bits per heavy atom. The number of rotatable bonds is 6. The lowest BCUT2D eigenvalue weighted by Gasteiger charge is -2.46. The van der Waals surface area contributed by atoms with Crippen LogP contribution in [0.4, 0.5) is 0 Å². The number of aldehydes is 2. The highest BCUT2D eigenvalue weighted by Gasteiger charge is 2.58. The van der Waals surface area contributed by atoms with Gasteiger partial charge in [-0.05, 0) is 38.5 Å². The molecule has 3 aliphatic rings. The molecule has 0 aromatic rings. The fraction of sp³-hybridized carbons (Fsp3) is 0.786. The van der Waals surface area contributed by atoms with Gasteiger partial charge in [0, 0.05) is 13.1 Å². The molecule has 6 nitrogen and oxygen atoms in total. The predicted octanol–water partition coefficient (Wildman–Crippen LogP) is -0.863. The van der Waals surface area contributed by atoms with Crippen LogP contribution in [0.25, 0.3) is 0 Å². The molecule has 1 saturated carbocycles. The van der Waals surface area contributed by atoms with E-state index in [4.69, 9.17) is 0 Å². The van der Waals surface area contributed by atoms with Crippen molar-refractivity contribution in [2.24, 2.45) is 0 Å². The summed E-state index contributed by atoms with van der Waals surface area (Å²) in [6.07, 6.45) is 7.13. The molecular weight excluding hydrogens is 269 g/mol. The van der Waals surface area contributed by atoms with E-state index in [1.54, 1.807) is 7.85 Å². The standard InChI is InChI=1S/C14H22BN3O3/c15-13(21)14(5-6-14)18(16-7-1-3-11(16)9-19)17-8-2-4-12(17)10-20/h9-12H,1-8,15H2/t11-,12-/m0/s1. The number of nitrogens with zero attached hydrogens (tertiary/aromatic N) is 3. The molecule has 3 fully saturated rings. The quantitative estimate of drug-likeness (QED) is 0.469. The zero-order valence-electron chi connectivity index (χ0n) is 12.5. The molecule has 2 saturated heterocycles. The Hall–Kier alpha value is -1.05. The third-order valence-corrected chi connectivity index (χ3v) is 5.10. The summed E-state index contributed by atoms with van der Waals surface area (Å²) in [5, 5.41) is 6.07. The molecule has 0 aromatic heterocycles. The molecule has 7 heteroatoms. The highest BCUT2D eigenvalue weighted by atomic mass is 16.1. The summed E-state index contributed by atoms with van der Waals surface area (Å²) in [7, 11) is 1.62. The zero-order valence-corrected chi connectivity index (χ0v) is 12.5. The molecule has 0 spiro atoms. The second kappa shape index (κ2) is 5.63. The van der Waals surface area contributed by atoms with Gasteiger partial charge in [0.05, 0.1) is 17.6 Å². The van der Waals surface area contributed by atoms with E-state index in [1.807, 2.05) is 15.1 Å². The first-order chi connectivity index (χ1) is 10.1. The van der Waals surface area contributed by atoms with Gasteiger partial charge in [-0.2, -0.15) is 5.12 Å². The first kappa shape index (κ1) is 14.9. The summed E-state index contributed by atoms with van der Waals surface area (Å²) in [5.74, 6) is 0. The van der Waals surface area contributed by atoms with Gasteiger partial charge in [0.15, 0.2) is 7.85 Å². The average molecular weight is 291 g/mol. The van der Waals surface area contributed by atoms with E-state index >= 15 is 0 Å². The molecule has 0 amide bonds. The molecular formula is C14H22BN3O3. The molecule has 114 valence electrons. The van der Waals surface area contributed by atoms with Crippen LogP contribution in [0.2, 0.25) is 0 Å². The Bertz CT molecular complexity index is 429. The zero-order chi connectivity index (χ0) is 15.0. The number of hydrogen-bond donors (Lipinski definition) is 0. The van der Waals surface area contributed by atoms with E-state index in [0.717, 1.165) is 64.2 Å². The molecule has 0 unspecified atom stereocenters. The van der Waals surface area contributed by atoms with E-state index in [9.17, 15) is 14.4 Å². The van der Waals surface area contributed by atoms with Crippen molar-refractivity contribution < 1.29 is 14.4 Å². The molecule has 2 heterocycles. The predicted molar refractivity (Wildman–Crippen MR) is 78.9 cm³/mol. The Morgan fingerprint density at radius 1 is 1.05 bits per heavy atom. The summed E-state index contributed by atoms with van der Waals surface area (Å²) in [4.78, 5) is 34.9. The minimum Gasteiger partial charge on any atom is -0.310 e. The normalized spacial score (nSPS) is 32.4. The minimum absolute atomic E-state index is 0.135. The lowest BCUT2D eigenvalue weighted by Crippen LogP contribution is -2.64. The van der Waals surface area contributed by atoms with Crippen LogP contribution in [0.1, 0.15) is 38.5 Å². The molecule has 0 N–H and O–H groups in total. The van der Waals surface area contributed by atoms with Gasteiger partial charge in [0.25, 0.3) is 0 Å². The summed E-state index contributed by atoms with van der Waals surface area (Å²) in [6.45, 7) is 1.56. The maximum atomic E-state index is 12.2.